The highest BCUT2D eigenvalue weighted by atomic mass is 32.2. The summed E-state index contributed by atoms with van der Waals surface area (Å²) in [6.45, 7) is 5.11. The first-order valence-corrected chi connectivity index (χ1v) is 9.96. The minimum absolute atomic E-state index is 0.280. The molecule has 2 aromatic heterocycles. The Labute approximate surface area is 132 Å². The summed E-state index contributed by atoms with van der Waals surface area (Å²) >= 11 is 0. The van der Waals surface area contributed by atoms with E-state index in [1.807, 2.05) is 12.4 Å². The second kappa shape index (κ2) is 7.22. The molecule has 0 amide bonds. The number of rotatable bonds is 8. The van der Waals surface area contributed by atoms with Crippen molar-refractivity contribution in [3.05, 3.63) is 23.8 Å². The van der Waals surface area contributed by atoms with Crippen molar-refractivity contribution in [2.45, 2.75) is 52.5 Å². The lowest BCUT2D eigenvalue weighted by Crippen LogP contribution is -2.06. The molecule has 0 spiro atoms. The first kappa shape index (κ1) is 16.9. The van der Waals surface area contributed by atoms with Crippen LogP contribution >= 0.6 is 0 Å². The molecule has 5 nitrogen and oxygen atoms in total. The molecular weight excluding hydrogens is 298 g/mol. The largest absolute Gasteiger partial charge is 0.328 e. The maximum absolute atomic E-state index is 11.2. The number of hydrogen-bond donors (Lipinski definition) is 0. The Balaban J connectivity index is 2.10. The van der Waals surface area contributed by atoms with Crippen LogP contribution in [-0.4, -0.2) is 35.0 Å². The van der Waals surface area contributed by atoms with Crippen LogP contribution < -0.4 is 0 Å². The quantitative estimate of drug-likeness (QED) is 0.701. The fourth-order valence-corrected chi connectivity index (χ4v) is 3.50. The molecule has 0 aliphatic carbocycles. The fraction of sp³-hybridized carbons (Fsp3) is 0.625. The van der Waals surface area contributed by atoms with Crippen LogP contribution in [0.15, 0.2) is 12.4 Å². The molecule has 0 fully saturated rings. The van der Waals surface area contributed by atoms with Crippen molar-refractivity contribution >= 4 is 20.9 Å². The number of nitrogens with zero attached hydrogens (tertiary/aromatic N) is 3. The predicted octanol–water partition coefficient (Wildman–Crippen LogP) is 2.91. The van der Waals surface area contributed by atoms with E-state index in [-0.39, 0.29) is 5.75 Å². The monoisotopic (exact) mass is 323 g/mol. The van der Waals surface area contributed by atoms with Crippen LogP contribution in [-0.2, 0) is 22.8 Å². The molecule has 0 unspecified atom stereocenters. The first-order valence-electron chi connectivity index (χ1n) is 7.90. The highest BCUT2D eigenvalue weighted by Gasteiger charge is 2.12. The van der Waals surface area contributed by atoms with Gasteiger partial charge in [-0.25, -0.2) is 13.4 Å². The molecule has 0 saturated heterocycles. The van der Waals surface area contributed by atoms with Gasteiger partial charge in [0.2, 0.25) is 0 Å². The second-order valence-corrected chi connectivity index (χ2v) is 8.20. The number of aromatic nitrogens is 3. The first-order chi connectivity index (χ1) is 10.4. The molecule has 0 N–H and O–H groups in total. The SMILES string of the molecule is CCCc1nc2cncc(C)c2n1CCCCCS(C)(=O)=O. The molecule has 0 saturated carbocycles. The van der Waals surface area contributed by atoms with Gasteiger partial charge in [0.1, 0.15) is 21.2 Å². The lowest BCUT2D eigenvalue weighted by Gasteiger charge is -2.10. The highest BCUT2D eigenvalue weighted by Crippen LogP contribution is 2.21. The van der Waals surface area contributed by atoms with Gasteiger partial charge in [-0.05, 0) is 31.7 Å². The predicted molar refractivity (Wildman–Crippen MR) is 89.8 cm³/mol. The van der Waals surface area contributed by atoms with Gasteiger partial charge in [-0.2, -0.15) is 0 Å². The number of hydrogen-bond acceptors (Lipinski definition) is 4. The number of unbranched alkanes of at least 4 members (excludes halogenated alkanes) is 2. The number of sulfone groups is 1. The molecule has 0 atom stereocenters. The van der Waals surface area contributed by atoms with Gasteiger partial charge in [0.15, 0.2) is 0 Å². The van der Waals surface area contributed by atoms with Gasteiger partial charge in [0.25, 0.3) is 0 Å². The van der Waals surface area contributed by atoms with Crippen LogP contribution in [0.4, 0.5) is 0 Å². The molecule has 0 aromatic carbocycles. The zero-order valence-corrected chi connectivity index (χ0v) is 14.5. The topological polar surface area (TPSA) is 64.8 Å². The Kier molecular flexibility index (Phi) is 5.56. The standard InChI is InChI=1S/C16H25N3O2S/c1-4-8-15-18-14-12-17-11-13(2)16(14)19(15)9-6-5-7-10-22(3,20)21/h11-12H,4-10H2,1-3H3. The van der Waals surface area contributed by atoms with Crippen LogP contribution in [0.2, 0.25) is 0 Å². The summed E-state index contributed by atoms with van der Waals surface area (Å²) in [5, 5.41) is 0. The van der Waals surface area contributed by atoms with Crippen molar-refractivity contribution in [1.82, 2.24) is 14.5 Å². The third-order valence-electron chi connectivity index (χ3n) is 3.78. The number of imidazole rings is 1. The van der Waals surface area contributed by atoms with E-state index in [1.165, 1.54) is 11.8 Å². The van der Waals surface area contributed by atoms with E-state index in [1.54, 1.807) is 0 Å². The second-order valence-electron chi connectivity index (χ2n) is 5.94. The van der Waals surface area contributed by atoms with Gasteiger partial charge in [-0.1, -0.05) is 13.3 Å². The van der Waals surface area contributed by atoms with Gasteiger partial charge >= 0.3 is 0 Å². The molecule has 122 valence electrons. The molecule has 0 bridgehead atoms. The number of fused-ring (bicyclic) bond motifs is 1. The van der Waals surface area contributed by atoms with Gasteiger partial charge in [-0.15, -0.1) is 0 Å². The molecule has 2 heterocycles. The van der Waals surface area contributed by atoms with Crippen molar-refractivity contribution in [2.75, 3.05) is 12.0 Å². The van der Waals surface area contributed by atoms with Gasteiger partial charge < -0.3 is 4.57 Å². The lowest BCUT2D eigenvalue weighted by atomic mass is 10.2. The van der Waals surface area contributed by atoms with E-state index < -0.39 is 9.84 Å². The lowest BCUT2D eigenvalue weighted by molar-refractivity contribution is 0.574. The van der Waals surface area contributed by atoms with Gasteiger partial charge in [-0.3, -0.25) is 4.98 Å². The molecule has 2 rings (SSSR count). The minimum atomic E-state index is -2.84. The van der Waals surface area contributed by atoms with Crippen molar-refractivity contribution in [2.24, 2.45) is 0 Å². The summed E-state index contributed by atoms with van der Waals surface area (Å²) in [5.74, 6) is 1.39. The van der Waals surface area contributed by atoms with E-state index in [0.29, 0.717) is 0 Å². The van der Waals surface area contributed by atoms with E-state index in [2.05, 4.69) is 23.4 Å². The molecule has 0 radical (unpaired) electrons. The average Bonchev–Trinajstić information content (AvgIpc) is 2.77. The van der Waals surface area contributed by atoms with Crippen LogP contribution in [0.3, 0.4) is 0 Å². The van der Waals surface area contributed by atoms with E-state index in [0.717, 1.165) is 55.6 Å². The van der Waals surface area contributed by atoms with Crippen LogP contribution in [0.25, 0.3) is 11.0 Å². The molecule has 22 heavy (non-hydrogen) atoms. The molecular formula is C16H25N3O2S. The normalized spacial score (nSPS) is 12.1. The Morgan fingerprint density at radius 3 is 2.64 bits per heavy atom. The Bertz CT molecular complexity index is 735. The van der Waals surface area contributed by atoms with Crippen LogP contribution in [0.1, 0.15) is 44.0 Å². The maximum atomic E-state index is 11.2. The Morgan fingerprint density at radius 1 is 1.18 bits per heavy atom. The van der Waals surface area contributed by atoms with Crippen molar-refractivity contribution in [3.63, 3.8) is 0 Å². The molecule has 0 aliphatic rings. The molecule has 0 aliphatic heterocycles. The molecule has 2 aromatic rings. The summed E-state index contributed by atoms with van der Waals surface area (Å²) in [4.78, 5) is 8.93. The Morgan fingerprint density at radius 2 is 1.95 bits per heavy atom. The zero-order valence-electron chi connectivity index (χ0n) is 13.7. The summed E-state index contributed by atoms with van der Waals surface area (Å²) in [7, 11) is -2.84. The zero-order chi connectivity index (χ0) is 16.2. The van der Waals surface area contributed by atoms with Crippen LogP contribution in [0, 0.1) is 6.92 Å². The summed E-state index contributed by atoms with van der Waals surface area (Å²) in [6.07, 6.45) is 9.63. The smallest absolute Gasteiger partial charge is 0.147 e. The minimum Gasteiger partial charge on any atom is -0.328 e. The van der Waals surface area contributed by atoms with E-state index in [4.69, 9.17) is 4.98 Å². The summed E-state index contributed by atoms with van der Waals surface area (Å²) in [5.41, 5.74) is 3.27. The van der Waals surface area contributed by atoms with Crippen LogP contribution in [0.5, 0.6) is 0 Å². The van der Waals surface area contributed by atoms with Crippen molar-refractivity contribution in [3.8, 4) is 0 Å². The Hall–Kier alpha value is -1.43. The van der Waals surface area contributed by atoms with Crippen molar-refractivity contribution in [1.29, 1.82) is 0 Å². The van der Waals surface area contributed by atoms with Crippen molar-refractivity contribution < 1.29 is 8.42 Å². The average molecular weight is 323 g/mol. The number of aryl methyl sites for hydroxylation is 3. The van der Waals surface area contributed by atoms with E-state index >= 15 is 0 Å². The highest BCUT2D eigenvalue weighted by molar-refractivity contribution is 7.90. The fourth-order valence-electron chi connectivity index (χ4n) is 2.77. The third kappa shape index (κ3) is 4.29. The summed E-state index contributed by atoms with van der Waals surface area (Å²) in [6, 6.07) is 0. The molecule has 6 heteroatoms. The van der Waals surface area contributed by atoms with Gasteiger partial charge in [0, 0.05) is 31.2 Å². The third-order valence-corrected chi connectivity index (χ3v) is 4.81. The maximum Gasteiger partial charge on any atom is 0.147 e. The van der Waals surface area contributed by atoms with E-state index in [9.17, 15) is 8.42 Å². The number of pyridine rings is 1. The summed E-state index contributed by atoms with van der Waals surface area (Å²) < 4.78 is 24.6. The van der Waals surface area contributed by atoms with Gasteiger partial charge in [0.05, 0.1) is 11.7 Å².